The van der Waals surface area contributed by atoms with Gasteiger partial charge in [0.05, 0.1) is 31.1 Å². The number of hydrogen-bond donors (Lipinski definition) is 2. The van der Waals surface area contributed by atoms with Crippen molar-refractivity contribution >= 4 is 81.5 Å². The minimum absolute atomic E-state index is 0.0976. The first kappa shape index (κ1) is 23.4. The first-order valence-corrected chi connectivity index (χ1v) is 13.1. The van der Waals surface area contributed by atoms with Gasteiger partial charge in [-0.1, -0.05) is 0 Å². The van der Waals surface area contributed by atoms with Crippen molar-refractivity contribution in [1.82, 2.24) is 0 Å². The van der Waals surface area contributed by atoms with Crippen molar-refractivity contribution in [1.29, 1.82) is 0 Å². The Balaban J connectivity index is 2.45. The summed E-state index contributed by atoms with van der Waals surface area (Å²) in [6.45, 7) is 1.82. The average molecular weight is 652 g/mol. The lowest BCUT2D eigenvalue weighted by Gasteiger charge is -2.19. The van der Waals surface area contributed by atoms with Crippen LogP contribution in [0.25, 0.3) is 0 Å². The molecule has 0 heterocycles. The monoisotopic (exact) mass is 648 g/mol. The molecule has 0 saturated heterocycles. The Labute approximate surface area is 191 Å². The van der Waals surface area contributed by atoms with Crippen molar-refractivity contribution in [2.75, 3.05) is 33.1 Å². The highest BCUT2D eigenvalue weighted by molar-refractivity contribution is 9.11. The van der Waals surface area contributed by atoms with Crippen LogP contribution in [0.3, 0.4) is 0 Å². The van der Waals surface area contributed by atoms with Crippen molar-refractivity contribution < 1.29 is 24.3 Å². The zero-order chi connectivity index (χ0) is 20.2. The molecule has 27 heavy (non-hydrogen) atoms. The molecule has 2 N–H and O–H groups in total. The molecule has 0 aliphatic rings. The molecule has 0 spiro atoms. The van der Waals surface area contributed by atoms with Crippen LogP contribution in [0.2, 0.25) is 0 Å². The van der Waals surface area contributed by atoms with Crippen LogP contribution < -0.4 is 20.1 Å². The van der Waals surface area contributed by atoms with Crippen LogP contribution in [0.1, 0.15) is 0 Å². The number of ether oxygens (including phenoxy) is 2. The Bertz CT molecular complexity index is 761. The Morgan fingerprint density at radius 2 is 1.07 bits per heavy atom. The van der Waals surface area contributed by atoms with E-state index < -0.39 is 7.14 Å². The molecule has 0 bridgehead atoms. The fourth-order valence-corrected chi connectivity index (χ4v) is 7.64. The summed E-state index contributed by atoms with van der Waals surface area (Å²) in [5.41, 5.74) is 0. The third kappa shape index (κ3) is 5.59. The lowest BCUT2D eigenvalue weighted by Crippen LogP contribution is -2.17. The lowest BCUT2D eigenvalue weighted by atomic mass is 10.3. The number of halogens is 4. The van der Waals surface area contributed by atoms with Crippen LogP contribution in [-0.2, 0) is 4.57 Å². The number of benzene rings is 2. The number of rotatable bonds is 8. The molecule has 148 valence electrons. The topological polar surface area (TPSA) is 76.0 Å². The predicted molar refractivity (Wildman–Crippen MR) is 122 cm³/mol. The maximum Gasteiger partial charge on any atom is 0.147 e. The second-order valence-electron chi connectivity index (χ2n) is 5.55. The molecule has 2 aromatic carbocycles. The van der Waals surface area contributed by atoms with E-state index >= 15 is 0 Å². The van der Waals surface area contributed by atoms with Crippen LogP contribution in [0.4, 0.5) is 0 Å². The van der Waals surface area contributed by atoms with Gasteiger partial charge in [-0.2, -0.15) is 0 Å². The van der Waals surface area contributed by atoms with Crippen molar-refractivity contribution in [3.63, 3.8) is 0 Å². The van der Waals surface area contributed by atoms with E-state index in [0.717, 1.165) is 0 Å². The molecule has 2 rings (SSSR count). The zero-order valence-corrected chi connectivity index (χ0v) is 21.5. The SMILES string of the molecule is CP(=O)(c1cc(Br)c(OCCO)c(Br)c1)c1cc(Br)c(OCCO)c(Br)c1. The number of aliphatic hydroxyl groups is 2. The molecule has 5 nitrogen and oxygen atoms in total. The fraction of sp³-hybridized carbons (Fsp3) is 0.294. The smallest absolute Gasteiger partial charge is 0.147 e. The van der Waals surface area contributed by atoms with Gasteiger partial charge in [-0.3, -0.25) is 0 Å². The van der Waals surface area contributed by atoms with Crippen LogP contribution in [0.15, 0.2) is 42.2 Å². The van der Waals surface area contributed by atoms with Gasteiger partial charge in [0.15, 0.2) is 0 Å². The maximum absolute atomic E-state index is 13.6. The van der Waals surface area contributed by atoms with Gasteiger partial charge < -0.3 is 24.3 Å². The highest BCUT2D eigenvalue weighted by Gasteiger charge is 2.26. The van der Waals surface area contributed by atoms with Crippen LogP contribution in [-0.4, -0.2) is 43.3 Å². The molecule has 0 aliphatic heterocycles. The Morgan fingerprint density at radius 3 is 1.33 bits per heavy atom. The summed E-state index contributed by atoms with van der Waals surface area (Å²) in [5, 5.41) is 19.2. The Morgan fingerprint density at radius 1 is 0.778 bits per heavy atom. The second kappa shape index (κ2) is 10.2. The van der Waals surface area contributed by atoms with E-state index in [4.69, 9.17) is 19.7 Å². The highest BCUT2D eigenvalue weighted by Crippen LogP contribution is 2.45. The van der Waals surface area contributed by atoms with Crippen molar-refractivity contribution in [3.8, 4) is 11.5 Å². The molecule has 0 saturated carbocycles. The van der Waals surface area contributed by atoms with Crippen molar-refractivity contribution in [3.05, 3.63) is 42.2 Å². The molecule has 0 aliphatic carbocycles. The highest BCUT2D eigenvalue weighted by atomic mass is 79.9. The van der Waals surface area contributed by atoms with Gasteiger partial charge in [-0.05, 0) is 94.7 Å². The molecule has 0 aromatic heterocycles. The third-order valence-electron chi connectivity index (χ3n) is 3.63. The minimum Gasteiger partial charge on any atom is -0.489 e. The van der Waals surface area contributed by atoms with Crippen molar-refractivity contribution in [2.24, 2.45) is 0 Å². The van der Waals surface area contributed by atoms with Gasteiger partial charge in [0, 0.05) is 10.6 Å². The number of hydrogen-bond acceptors (Lipinski definition) is 5. The van der Waals surface area contributed by atoms with Gasteiger partial charge in [0.25, 0.3) is 0 Å². The zero-order valence-electron chi connectivity index (χ0n) is 14.2. The Hall–Kier alpha value is 0.110. The molecule has 0 atom stereocenters. The summed E-state index contributed by atoms with van der Waals surface area (Å²) in [4.78, 5) is 0. The summed E-state index contributed by atoms with van der Waals surface area (Å²) in [6, 6.07) is 7.04. The summed E-state index contributed by atoms with van der Waals surface area (Å²) in [6.07, 6.45) is 0. The molecular weight excluding hydrogens is 635 g/mol. The summed E-state index contributed by atoms with van der Waals surface area (Å²) in [5.74, 6) is 1.09. The van der Waals surface area contributed by atoms with E-state index in [2.05, 4.69) is 63.7 Å². The lowest BCUT2D eigenvalue weighted by molar-refractivity contribution is 0.200. The second-order valence-corrected chi connectivity index (χ2v) is 11.8. The van der Waals surface area contributed by atoms with Crippen molar-refractivity contribution in [2.45, 2.75) is 0 Å². The van der Waals surface area contributed by atoms with Crippen LogP contribution >= 0.6 is 70.9 Å². The average Bonchev–Trinajstić information content (AvgIpc) is 2.60. The van der Waals surface area contributed by atoms with Crippen LogP contribution in [0, 0.1) is 0 Å². The van der Waals surface area contributed by atoms with E-state index in [1.807, 2.05) is 0 Å². The molecule has 0 unspecified atom stereocenters. The molecule has 0 amide bonds. The summed E-state index contributed by atoms with van der Waals surface area (Å²) >= 11 is 13.8. The standard InChI is InChI=1S/C17H17Br4O5P/c1-27(24,10-6-12(18)16(13(19)7-10)25-4-2-22)11-8-14(20)17(15(21)9-11)26-5-3-23/h6-9,22-23H,2-5H2,1H3. The van der Waals surface area contributed by atoms with E-state index in [9.17, 15) is 4.57 Å². The molecule has 10 heteroatoms. The van der Waals surface area contributed by atoms with Gasteiger partial charge >= 0.3 is 0 Å². The van der Waals surface area contributed by atoms with Gasteiger partial charge in [-0.15, -0.1) is 0 Å². The van der Waals surface area contributed by atoms with E-state index in [0.29, 0.717) is 40.0 Å². The first-order chi connectivity index (χ1) is 12.7. The minimum atomic E-state index is -2.93. The van der Waals surface area contributed by atoms with E-state index in [1.54, 1.807) is 30.9 Å². The largest absolute Gasteiger partial charge is 0.489 e. The van der Waals surface area contributed by atoms with E-state index in [1.165, 1.54) is 0 Å². The molecule has 0 radical (unpaired) electrons. The Kier molecular flexibility index (Phi) is 8.86. The fourth-order valence-electron chi connectivity index (χ4n) is 2.31. The van der Waals surface area contributed by atoms with E-state index in [-0.39, 0.29) is 26.4 Å². The molecular formula is C17H17Br4O5P. The molecule has 0 fully saturated rings. The van der Waals surface area contributed by atoms with Gasteiger partial charge in [0.1, 0.15) is 31.9 Å². The number of aliphatic hydroxyl groups excluding tert-OH is 2. The molecule has 2 aromatic rings. The van der Waals surface area contributed by atoms with Crippen LogP contribution in [0.5, 0.6) is 11.5 Å². The van der Waals surface area contributed by atoms with Gasteiger partial charge in [-0.25, -0.2) is 0 Å². The normalized spacial score (nSPS) is 11.5. The summed E-state index contributed by atoms with van der Waals surface area (Å²) in [7, 11) is -2.93. The van der Waals surface area contributed by atoms with Gasteiger partial charge in [0.2, 0.25) is 0 Å². The predicted octanol–water partition coefficient (Wildman–Crippen LogP) is 4.42. The maximum atomic E-state index is 13.6. The summed E-state index contributed by atoms with van der Waals surface area (Å²) < 4.78 is 27.2. The first-order valence-electron chi connectivity index (χ1n) is 7.76. The quantitative estimate of drug-likeness (QED) is 0.414. The third-order valence-corrected chi connectivity index (χ3v) is 8.47.